The van der Waals surface area contributed by atoms with E-state index in [4.69, 9.17) is 19.9 Å². The molecular formula is C14H28N2O3. The van der Waals surface area contributed by atoms with Crippen LogP contribution in [0.5, 0.6) is 0 Å². The van der Waals surface area contributed by atoms with E-state index in [0.29, 0.717) is 6.04 Å². The lowest BCUT2D eigenvalue weighted by Crippen LogP contribution is -2.58. The van der Waals surface area contributed by atoms with E-state index in [1.807, 2.05) is 6.92 Å². The van der Waals surface area contributed by atoms with Crippen molar-refractivity contribution in [1.82, 2.24) is 4.90 Å². The van der Waals surface area contributed by atoms with E-state index in [-0.39, 0.29) is 18.2 Å². The van der Waals surface area contributed by atoms with Gasteiger partial charge in [0.25, 0.3) is 0 Å². The maximum absolute atomic E-state index is 6.23. The Labute approximate surface area is 116 Å². The minimum Gasteiger partial charge on any atom is -0.379 e. The Balaban J connectivity index is 2.01. The molecule has 4 unspecified atom stereocenters. The standard InChI is InChI=1S/C14H28N2O3/c1-3-18-13-10-12(16-5-7-17-8-6-16)14(19-4-2)9-11(13)15/h11-14H,3-10,15H2,1-2H3. The van der Waals surface area contributed by atoms with Crippen LogP contribution in [0.25, 0.3) is 0 Å². The van der Waals surface area contributed by atoms with Crippen LogP contribution in [0, 0.1) is 0 Å². The normalized spacial score (nSPS) is 37.4. The first kappa shape index (κ1) is 15.2. The van der Waals surface area contributed by atoms with Crippen LogP contribution in [0.1, 0.15) is 26.7 Å². The van der Waals surface area contributed by atoms with E-state index in [1.54, 1.807) is 0 Å². The molecule has 2 fully saturated rings. The van der Waals surface area contributed by atoms with E-state index in [0.717, 1.165) is 52.4 Å². The fraction of sp³-hybridized carbons (Fsp3) is 1.00. The van der Waals surface area contributed by atoms with Crippen LogP contribution in [0.2, 0.25) is 0 Å². The van der Waals surface area contributed by atoms with Crippen molar-refractivity contribution in [1.29, 1.82) is 0 Å². The molecule has 5 nitrogen and oxygen atoms in total. The minimum absolute atomic E-state index is 0.0915. The van der Waals surface area contributed by atoms with Gasteiger partial charge >= 0.3 is 0 Å². The highest BCUT2D eigenvalue weighted by molar-refractivity contribution is 4.95. The minimum atomic E-state index is 0.0915. The highest BCUT2D eigenvalue weighted by atomic mass is 16.5. The van der Waals surface area contributed by atoms with Crippen molar-refractivity contribution in [2.75, 3.05) is 39.5 Å². The van der Waals surface area contributed by atoms with E-state index < -0.39 is 0 Å². The van der Waals surface area contributed by atoms with E-state index in [2.05, 4.69) is 11.8 Å². The molecule has 5 heteroatoms. The summed E-state index contributed by atoms with van der Waals surface area (Å²) in [5.74, 6) is 0. The summed E-state index contributed by atoms with van der Waals surface area (Å²) >= 11 is 0. The maximum atomic E-state index is 6.23. The molecule has 2 rings (SSSR count). The Hall–Kier alpha value is -0.200. The largest absolute Gasteiger partial charge is 0.379 e. The predicted molar refractivity (Wildman–Crippen MR) is 74.2 cm³/mol. The highest BCUT2D eigenvalue weighted by Gasteiger charge is 2.39. The SMILES string of the molecule is CCOC1CC(N2CCOCC2)C(OCC)CC1N. The highest BCUT2D eigenvalue weighted by Crippen LogP contribution is 2.28. The van der Waals surface area contributed by atoms with Gasteiger partial charge in [-0.15, -0.1) is 0 Å². The number of morpholine rings is 1. The van der Waals surface area contributed by atoms with Crippen LogP contribution in [0.4, 0.5) is 0 Å². The van der Waals surface area contributed by atoms with Crippen LogP contribution in [0.15, 0.2) is 0 Å². The molecule has 2 aliphatic rings. The van der Waals surface area contributed by atoms with Crippen molar-refractivity contribution in [3.8, 4) is 0 Å². The average Bonchev–Trinajstić information content (AvgIpc) is 2.43. The van der Waals surface area contributed by atoms with Gasteiger partial charge in [-0.2, -0.15) is 0 Å². The summed E-state index contributed by atoms with van der Waals surface area (Å²) in [6.45, 7) is 9.18. The van der Waals surface area contributed by atoms with E-state index in [1.165, 1.54) is 0 Å². The van der Waals surface area contributed by atoms with Gasteiger partial charge in [0.1, 0.15) is 0 Å². The van der Waals surface area contributed by atoms with Gasteiger partial charge in [0, 0.05) is 38.4 Å². The van der Waals surface area contributed by atoms with Crippen LogP contribution >= 0.6 is 0 Å². The molecule has 0 bridgehead atoms. The molecule has 0 amide bonds. The lowest BCUT2D eigenvalue weighted by Gasteiger charge is -2.45. The maximum Gasteiger partial charge on any atom is 0.0746 e. The van der Waals surface area contributed by atoms with E-state index >= 15 is 0 Å². The molecule has 1 aliphatic carbocycles. The Morgan fingerprint density at radius 2 is 1.68 bits per heavy atom. The van der Waals surface area contributed by atoms with Gasteiger partial charge < -0.3 is 19.9 Å². The Bertz CT molecular complexity index is 259. The zero-order chi connectivity index (χ0) is 13.7. The lowest BCUT2D eigenvalue weighted by molar-refractivity contribution is -0.101. The second-order valence-electron chi connectivity index (χ2n) is 5.34. The van der Waals surface area contributed by atoms with Gasteiger partial charge in [0.2, 0.25) is 0 Å². The summed E-state index contributed by atoms with van der Waals surface area (Å²) in [6.07, 6.45) is 2.25. The summed E-state index contributed by atoms with van der Waals surface area (Å²) in [5, 5.41) is 0. The van der Waals surface area contributed by atoms with Crippen molar-refractivity contribution in [3.05, 3.63) is 0 Å². The molecule has 0 aromatic rings. The van der Waals surface area contributed by atoms with Gasteiger partial charge in [0.15, 0.2) is 0 Å². The first-order valence-corrected chi connectivity index (χ1v) is 7.56. The van der Waals surface area contributed by atoms with Crippen LogP contribution in [-0.2, 0) is 14.2 Å². The Kier molecular flexibility index (Phi) is 6.04. The molecule has 19 heavy (non-hydrogen) atoms. The number of nitrogens with two attached hydrogens (primary N) is 1. The summed E-state index contributed by atoms with van der Waals surface area (Å²) in [7, 11) is 0. The Morgan fingerprint density at radius 1 is 1.05 bits per heavy atom. The van der Waals surface area contributed by atoms with Gasteiger partial charge in [-0.1, -0.05) is 0 Å². The molecule has 112 valence electrons. The molecule has 4 atom stereocenters. The molecule has 1 heterocycles. The van der Waals surface area contributed by atoms with Gasteiger partial charge in [-0.25, -0.2) is 0 Å². The topological polar surface area (TPSA) is 57.0 Å². The summed E-state index contributed by atoms with van der Waals surface area (Å²) in [6, 6.07) is 0.508. The van der Waals surface area contributed by atoms with Crippen molar-refractivity contribution in [3.63, 3.8) is 0 Å². The van der Waals surface area contributed by atoms with Crippen molar-refractivity contribution in [2.45, 2.75) is 51.0 Å². The number of rotatable bonds is 5. The third kappa shape index (κ3) is 3.89. The molecule has 0 aromatic heterocycles. The molecule has 1 saturated heterocycles. The average molecular weight is 272 g/mol. The number of nitrogens with zero attached hydrogens (tertiary/aromatic N) is 1. The molecule has 0 radical (unpaired) electrons. The predicted octanol–water partition coefficient (Wildman–Crippen LogP) is 0.619. The molecule has 1 aliphatic heterocycles. The van der Waals surface area contributed by atoms with Crippen molar-refractivity contribution >= 4 is 0 Å². The first-order chi connectivity index (χ1) is 9.26. The summed E-state index contributed by atoms with van der Waals surface area (Å²) in [4.78, 5) is 2.49. The van der Waals surface area contributed by atoms with E-state index in [9.17, 15) is 0 Å². The second kappa shape index (κ2) is 7.55. The quantitative estimate of drug-likeness (QED) is 0.795. The third-order valence-corrected chi connectivity index (χ3v) is 4.16. The molecular weight excluding hydrogens is 244 g/mol. The molecule has 0 aromatic carbocycles. The fourth-order valence-electron chi connectivity index (χ4n) is 3.23. The lowest BCUT2D eigenvalue weighted by atomic mass is 9.85. The summed E-state index contributed by atoms with van der Waals surface area (Å²) in [5.41, 5.74) is 6.23. The monoisotopic (exact) mass is 272 g/mol. The summed E-state index contributed by atoms with van der Waals surface area (Å²) < 4.78 is 17.2. The van der Waals surface area contributed by atoms with Crippen molar-refractivity contribution < 1.29 is 14.2 Å². The van der Waals surface area contributed by atoms with Gasteiger partial charge in [-0.05, 0) is 26.7 Å². The van der Waals surface area contributed by atoms with Gasteiger partial charge in [0.05, 0.1) is 25.4 Å². The Morgan fingerprint density at radius 3 is 2.32 bits per heavy atom. The zero-order valence-corrected chi connectivity index (χ0v) is 12.2. The third-order valence-electron chi connectivity index (χ3n) is 4.16. The molecule has 0 spiro atoms. The number of ether oxygens (including phenoxy) is 3. The van der Waals surface area contributed by atoms with Crippen molar-refractivity contribution in [2.24, 2.45) is 5.73 Å². The van der Waals surface area contributed by atoms with Crippen LogP contribution < -0.4 is 5.73 Å². The first-order valence-electron chi connectivity index (χ1n) is 7.56. The number of hydrogen-bond donors (Lipinski definition) is 1. The molecule has 2 N–H and O–H groups in total. The fourth-order valence-corrected chi connectivity index (χ4v) is 3.23. The van der Waals surface area contributed by atoms with Crippen LogP contribution in [0.3, 0.4) is 0 Å². The zero-order valence-electron chi connectivity index (χ0n) is 12.2. The van der Waals surface area contributed by atoms with Gasteiger partial charge in [-0.3, -0.25) is 4.90 Å². The smallest absolute Gasteiger partial charge is 0.0746 e. The molecule has 1 saturated carbocycles. The second-order valence-corrected chi connectivity index (χ2v) is 5.34. The number of hydrogen-bond acceptors (Lipinski definition) is 5. The van der Waals surface area contributed by atoms with Crippen LogP contribution in [-0.4, -0.2) is 68.7 Å².